The molecule has 3 nitrogen and oxygen atoms in total. The van der Waals surface area contributed by atoms with Crippen LogP contribution in [0.3, 0.4) is 0 Å². The van der Waals surface area contributed by atoms with Crippen molar-refractivity contribution in [3.63, 3.8) is 0 Å². The van der Waals surface area contributed by atoms with Crippen molar-refractivity contribution in [1.82, 2.24) is 14.5 Å². The standard InChI is InChI=1S/C52H35N3S/c1-5-16-34(17-6-1)38-28-29-49-42(30-38)43-31-39(35-18-7-2-8-19-35)32-48(51(43)56-49)55-46-26-14-13-24-41(46)50-40(25-15-27-47(50)55)45-33-44(36-20-9-3-10-21-36)53-52(54-45)37-22-11-4-12-23-37/h1-18,20-33,35H,19H2. The second-order valence-corrected chi connectivity index (χ2v) is 15.5. The number of aromatic nitrogens is 3. The van der Waals surface area contributed by atoms with Crippen molar-refractivity contribution in [2.45, 2.75) is 12.3 Å². The molecule has 0 aliphatic heterocycles. The summed E-state index contributed by atoms with van der Waals surface area (Å²) in [6.45, 7) is 0. The molecule has 0 spiro atoms. The predicted octanol–water partition coefficient (Wildman–Crippen LogP) is 14.2. The molecule has 0 saturated carbocycles. The lowest BCUT2D eigenvalue weighted by atomic mass is 9.91. The molecule has 0 N–H and O–H groups in total. The van der Waals surface area contributed by atoms with Crippen LogP contribution in [0.4, 0.5) is 0 Å². The molecule has 11 rings (SSSR count). The van der Waals surface area contributed by atoms with Gasteiger partial charge in [0.15, 0.2) is 5.82 Å². The first-order valence-corrected chi connectivity index (χ1v) is 20.0. The van der Waals surface area contributed by atoms with Crippen molar-refractivity contribution < 1.29 is 0 Å². The van der Waals surface area contributed by atoms with Crippen LogP contribution >= 0.6 is 11.3 Å². The summed E-state index contributed by atoms with van der Waals surface area (Å²) < 4.78 is 5.09. The smallest absolute Gasteiger partial charge is 0.160 e. The number of fused-ring (bicyclic) bond motifs is 6. The zero-order valence-electron chi connectivity index (χ0n) is 30.5. The van der Waals surface area contributed by atoms with Gasteiger partial charge in [0.25, 0.3) is 0 Å². The number of nitrogens with zero attached hydrogens (tertiary/aromatic N) is 3. The van der Waals surface area contributed by atoms with E-state index >= 15 is 0 Å². The van der Waals surface area contributed by atoms with E-state index in [2.05, 4.69) is 174 Å². The maximum Gasteiger partial charge on any atom is 0.160 e. The van der Waals surface area contributed by atoms with E-state index in [9.17, 15) is 0 Å². The lowest BCUT2D eigenvalue weighted by Gasteiger charge is -2.17. The Morgan fingerprint density at radius 3 is 2.02 bits per heavy atom. The minimum atomic E-state index is 0.299. The number of para-hydroxylation sites is 1. The molecule has 3 aromatic heterocycles. The van der Waals surface area contributed by atoms with E-state index in [0.29, 0.717) is 11.7 Å². The zero-order chi connectivity index (χ0) is 37.0. The fraction of sp³-hybridized carbons (Fsp3) is 0.0385. The Morgan fingerprint density at radius 2 is 1.23 bits per heavy atom. The average molecular weight is 734 g/mol. The Labute approximate surface area is 329 Å². The minimum absolute atomic E-state index is 0.299. The van der Waals surface area contributed by atoms with Gasteiger partial charge in [0, 0.05) is 48.9 Å². The summed E-state index contributed by atoms with van der Waals surface area (Å²) in [7, 11) is 0. The topological polar surface area (TPSA) is 30.7 Å². The lowest BCUT2D eigenvalue weighted by molar-refractivity contribution is 0.854. The fourth-order valence-electron chi connectivity index (χ4n) is 8.45. The number of hydrogen-bond donors (Lipinski definition) is 0. The molecular formula is C52H35N3S. The van der Waals surface area contributed by atoms with E-state index < -0.39 is 0 Å². The van der Waals surface area contributed by atoms with Crippen LogP contribution in [0.2, 0.25) is 0 Å². The molecule has 1 unspecified atom stereocenters. The normalized spacial score (nSPS) is 14.0. The van der Waals surface area contributed by atoms with Crippen molar-refractivity contribution in [2.75, 3.05) is 0 Å². The van der Waals surface area contributed by atoms with E-state index in [1.54, 1.807) is 0 Å². The van der Waals surface area contributed by atoms with Crippen LogP contribution in [0.5, 0.6) is 0 Å². The highest BCUT2D eigenvalue weighted by Crippen LogP contribution is 2.46. The second kappa shape index (κ2) is 13.5. The largest absolute Gasteiger partial charge is 0.308 e. The van der Waals surface area contributed by atoms with Gasteiger partial charge >= 0.3 is 0 Å². The Bertz CT molecular complexity index is 3100. The minimum Gasteiger partial charge on any atom is -0.308 e. The van der Waals surface area contributed by atoms with Gasteiger partial charge in [0.05, 0.1) is 32.8 Å². The number of hydrogen-bond acceptors (Lipinski definition) is 3. The number of allylic oxidation sites excluding steroid dienone is 4. The number of benzene rings is 7. The monoisotopic (exact) mass is 733 g/mol. The highest BCUT2D eigenvalue weighted by molar-refractivity contribution is 7.26. The Balaban J connectivity index is 1.19. The summed E-state index contributed by atoms with van der Waals surface area (Å²) in [5, 5.41) is 4.99. The van der Waals surface area contributed by atoms with Gasteiger partial charge in [-0.05, 0) is 65.6 Å². The highest BCUT2D eigenvalue weighted by atomic mass is 32.1. The van der Waals surface area contributed by atoms with Crippen LogP contribution in [-0.2, 0) is 0 Å². The quantitative estimate of drug-likeness (QED) is 0.170. The summed E-state index contributed by atoms with van der Waals surface area (Å²) in [5.41, 5.74) is 12.3. The molecule has 264 valence electrons. The van der Waals surface area contributed by atoms with Gasteiger partial charge in [0.2, 0.25) is 0 Å². The molecule has 3 heterocycles. The molecule has 56 heavy (non-hydrogen) atoms. The summed E-state index contributed by atoms with van der Waals surface area (Å²) in [5.74, 6) is 1.01. The van der Waals surface area contributed by atoms with Crippen molar-refractivity contribution >= 4 is 53.3 Å². The maximum atomic E-state index is 5.29. The first-order valence-electron chi connectivity index (χ1n) is 19.2. The summed E-state index contributed by atoms with van der Waals surface area (Å²) >= 11 is 1.89. The van der Waals surface area contributed by atoms with Gasteiger partial charge < -0.3 is 4.57 Å². The number of rotatable bonds is 6. The molecule has 4 heteroatoms. The van der Waals surface area contributed by atoms with Crippen LogP contribution in [0, 0.1) is 0 Å². The van der Waals surface area contributed by atoms with Crippen LogP contribution in [0.15, 0.2) is 194 Å². The average Bonchev–Trinajstić information content (AvgIpc) is 3.83. The third-order valence-corrected chi connectivity index (χ3v) is 12.3. The van der Waals surface area contributed by atoms with E-state index in [-0.39, 0.29) is 0 Å². The summed E-state index contributed by atoms with van der Waals surface area (Å²) in [6.07, 6.45) is 9.98. The Hall–Kier alpha value is -6.88. The third-order valence-electron chi connectivity index (χ3n) is 11.1. The van der Waals surface area contributed by atoms with Crippen molar-refractivity contribution in [3.05, 3.63) is 200 Å². The maximum absolute atomic E-state index is 5.29. The summed E-state index contributed by atoms with van der Waals surface area (Å²) in [6, 6.07) is 61.0. The molecule has 0 bridgehead atoms. The lowest BCUT2D eigenvalue weighted by Crippen LogP contribution is -2.00. The second-order valence-electron chi connectivity index (χ2n) is 14.5. The molecular weight excluding hydrogens is 699 g/mol. The van der Waals surface area contributed by atoms with Crippen molar-refractivity contribution in [3.8, 4) is 50.7 Å². The van der Waals surface area contributed by atoms with Crippen molar-refractivity contribution in [2.24, 2.45) is 0 Å². The predicted molar refractivity (Wildman–Crippen MR) is 237 cm³/mol. The van der Waals surface area contributed by atoms with Crippen LogP contribution in [-0.4, -0.2) is 14.5 Å². The molecule has 0 amide bonds. The molecule has 0 fully saturated rings. The van der Waals surface area contributed by atoms with E-state index in [1.165, 1.54) is 58.8 Å². The van der Waals surface area contributed by atoms with Gasteiger partial charge in [0.1, 0.15) is 0 Å². The molecule has 10 aromatic rings. The fourth-order valence-corrected chi connectivity index (χ4v) is 9.62. The van der Waals surface area contributed by atoms with E-state index in [0.717, 1.165) is 40.0 Å². The van der Waals surface area contributed by atoms with Crippen LogP contribution in [0.1, 0.15) is 17.9 Å². The van der Waals surface area contributed by atoms with Crippen LogP contribution in [0.25, 0.3) is 92.7 Å². The van der Waals surface area contributed by atoms with Crippen LogP contribution < -0.4 is 0 Å². The molecule has 0 saturated heterocycles. The van der Waals surface area contributed by atoms with Gasteiger partial charge in [-0.25, -0.2) is 9.97 Å². The SMILES string of the molecule is C1=CCC(c2cc(-n3c4ccccc4c4c(-c5cc(-c6ccccc6)nc(-c6ccccc6)n5)cccc43)c3sc4ccc(-c5ccccc5)cc4c3c2)C=C1. The highest BCUT2D eigenvalue weighted by Gasteiger charge is 2.23. The van der Waals surface area contributed by atoms with Gasteiger partial charge in [-0.3, -0.25) is 0 Å². The Morgan fingerprint density at radius 1 is 0.518 bits per heavy atom. The molecule has 7 aromatic carbocycles. The van der Waals surface area contributed by atoms with E-state index in [1.807, 2.05) is 35.6 Å². The van der Waals surface area contributed by atoms with Gasteiger partial charge in [-0.15, -0.1) is 11.3 Å². The van der Waals surface area contributed by atoms with Gasteiger partial charge in [-0.2, -0.15) is 0 Å². The summed E-state index contributed by atoms with van der Waals surface area (Å²) in [4.78, 5) is 10.4. The molecule has 1 atom stereocenters. The van der Waals surface area contributed by atoms with Crippen molar-refractivity contribution in [1.29, 1.82) is 0 Å². The third kappa shape index (κ3) is 5.49. The molecule has 0 radical (unpaired) electrons. The molecule has 1 aliphatic rings. The van der Waals surface area contributed by atoms with Gasteiger partial charge in [-0.1, -0.05) is 152 Å². The first kappa shape index (κ1) is 32.5. The van der Waals surface area contributed by atoms with E-state index in [4.69, 9.17) is 9.97 Å². The first-order chi connectivity index (χ1) is 27.8. The number of thiophene rings is 1. The Kier molecular flexibility index (Phi) is 7.82. The molecule has 1 aliphatic carbocycles. The zero-order valence-corrected chi connectivity index (χ0v) is 31.3.